The Morgan fingerprint density at radius 2 is 2.16 bits per heavy atom. The SMILES string of the molecule is CC(C)=N/N=C1\SCC(=O)N1Cc1ccccc1F. The molecule has 0 aliphatic carbocycles. The fraction of sp³-hybridized carbons (Fsp3) is 0.308. The lowest BCUT2D eigenvalue weighted by atomic mass is 10.2. The van der Waals surface area contributed by atoms with Crippen molar-refractivity contribution in [3.63, 3.8) is 0 Å². The lowest BCUT2D eigenvalue weighted by Gasteiger charge is -2.15. The van der Waals surface area contributed by atoms with Gasteiger partial charge < -0.3 is 0 Å². The quantitative estimate of drug-likeness (QED) is 0.630. The Labute approximate surface area is 115 Å². The normalized spacial score (nSPS) is 17.1. The average molecular weight is 279 g/mol. The summed E-state index contributed by atoms with van der Waals surface area (Å²) in [5.41, 5.74) is 1.28. The van der Waals surface area contributed by atoms with Crippen molar-refractivity contribution in [3.8, 4) is 0 Å². The standard InChI is InChI=1S/C13H14FN3OS/c1-9(2)15-16-13-17(12(18)8-19-13)7-10-5-3-4-6-11(10)14/h3-6H,7-8H2,1-2H3/b16-13-. The molecule has 0 spiro atoms. The fourth-order valence-corrected chi connectivity index (χ4v) is 2.40. The molecule has 0 saturated carbocycles. The number of halogens is 1. The number of carbonyl (C=O) groups is 1. The smallest absolute Gasteiger partial charge is 0.239 e. The van der Waals surface area contributed by atoms with Crippen molar-refractivity contribution in [3.05, 3.63) is 35.6 Å². The van der Waals surface area contributed by atoms with Gasteiger partial charge in [-0.2, -0.15) is 5.10 Å². The Morgan fingerprint density at radius 3 is 2.84 bits per heavy atom. The van der Waals surface area contributed by atoms with Crippen LogP contribution in [0.3, 0.4) is 0 Å². The first-order valence-electron chi connectivity index (χ1n) is 5.83. The zero-order valence-corrected chi connectivity index (χ0v) is 11.6. The molecule has 0 bridgehead atoms. The maximum absolute atomic E-state index is 13.6. The second-order valence-electron chi connectivity index (χ2n) is 4.29. The molecule has 19 heavy (non-hydrogen) atoms. The molecule has 0 aromatic heterocycles. The molecule has 1 aliphatic rings. The largest absolute Gasteiger partial charge is 0.285 e. The van der Waals surface area contributed by atoms with Crippen LogP contribution in [-0.4, -0.2) is 27.4 Å². The zero-order chi connectivity index (χ0) is 13.8. The van der Waals surface area contributed by atoms with E-state index in [1.165, 1.54) is 22.7 Å². The van der Waals surface area contributed by atoms with E-state index in [9.17, 15) is 9.18 Å². The Hall–Kier alpha value is -1.69. The molecule has 0 N–H and O–H groups in total. The van der Waals surface area contributed by atoms with Crippen molar-refractivity contribution in [2.75, 3.05) is 5.75 Å². The zero-order valence-electron chi connectivity index (χ0n) is 10.8. The van der Waals surface area contributed by atoms with Crippen LogP contribution in [-0.2, 0) is 11.3 Å². The van der Waals surface area contributed by atoms with Crippen molar-refractivity contribution in [1.82, 2.24) is 4.90 Å². The summed E-state index contributed by atoms with van der Waals surface area (Å²) in [4.78, 5) is 13.3. The van der Waals surface area contributed by atoms with Gasteiger partial charge in [0.2, 0.25) is 5.91 Å². The van der Waals surface area contributed by atoms with E-state index < -0.39 is 0 Å². The molecule has 1 aromatic carbocycles. The monoisotopic (exact) mass is 279 g/mol. The highest BCUT2D eigenvalue weighted by molar-refractivity contribution is 8.15. The summed E-state index contributed by atoms with van der Waals surface area (Å²) >= 11 is 1.32. The van der Waals surface area contributed by atoms with E-state index in [0.29, 0.717) is 16.5 Å². The number of nitrogens with zero attached hydrogens (tertiary/aromatic N) is 3. The van der Waals surface area contributed by atoms with Crippen LogP contribution >= 0.6 is 11.8 Å². The van der Waals surface area contributed by atoms with E-state index in [-0.39, 0.29) is 18.3 Å². The molecule has 2 rings (SSSR count). The van der Waals surface area contributed by atoms with E-state index >= 15 is 0 Å². The van der Waals surface area contributed by atoms with Crippen LogP contribution in [0.5, 0.6) is 0 Å². The van der Waals surface area contributed by atoms with Gasteiger partial charge in [-0.05, 0) is 19.9 Å². The first kappa shape index (κ1) is 13.7. The lowest BCUT2D eigenvalue weighted by molar-refractivity contribution is -0.124. The van der Waals surface area contributed by atoms with Gasteiger partial charge in [0.05, 0.1) is 12.3 Å². The van der Waals surface area contributed by atoms with Crippen molar-refractivity contribution in [1.29, 1.82) is 0 Å². The van der Waals surface area contributed by atoms with Crippen LogP contribution in [0, 0.1) is 5.82 Å². The van der Waals surface area contributed by atoms with Crippen LogP contribution in [0.15, 0.2) is 34.5 Å². The molecule has 1 saturated heterocycles. The predicted octanol–water partition coefficient (Wildman–Crippen LogP) is 2.65. The number of carbonyl (C=O) groups excluding carboxylic acids is 1. The molecule has 0 atom stereocenters. The van der Waals surface area contributed by atoms with Gasteiger partial charge in [-0.15, -0.1) is 5.10 Å². The fourth-order valence-electron chi connectivity index (χ4n) is 1.57. The molecule has 1 aromatic rings. The van der Waals surface area contributed by atoms with Gasteiger partial charge in [0, 0.05) is 11.3 Å². The lowest BCUT2D eigenvalue weighted by Crippen LogP contribution is -2.29. The van der Waals surface area contributed by atoms with Gasteiger partial charge in [-0.25, -0.2) is 4.39 Å². The third-order valence-corrected chi connectivity index (χ3v) is 3.43. The Bertz CT molecular complexity index is 553. The topological polar surface area (TPSA) is 45.0 Å². The van der Waals surface area contributed by atoms with Crippen LogP contribution in [0.2, 0.25) is 0 Å². The van der Waals surface area contributed by atoms with E-state index in [1.807, 2.05) is 13.8 Å². The minimum atomic E-state index is -0.318. The number of amides is 1. The summed E-state index contributed by atoms with van der Waals surface area (Å²) in [6.07, 6.45) is 0. The number of rotatable bonds is 3. The van der Waals surface area contributed by atoms with Gasteiger partial charge in [-0.1, -0.05) is 30.0 Å². The van der Waals surface area contributed by atoms with Crippen molar-refractivity contribution >= 4 is 28.5 Å². The Balaban J connectivity index is 2.21. The summed E-state index contributed by atoms with van der Waals surface area (Å²) in [7, 11) is 0. The molecule has 1 aliphatic heterocycles. The number of hydrogen-bond acceptors (Lipinski definition) is 4. The molecular weight excluding hydrogens is 265 g/mol. The minimum Gasteiger partial charge on any atom is -0.285 e. The van der Waals surface area contributed by atoms with Crippen LogP contribution < -0.4 is 0 Å². The number of benzene rings is 1. The predicted molar refractivity (Wildman–Crippen MR) is 75.6 cm³/mol. The Morgan fingerprint density at radius 1 is 1.42 bits per heavy atom. The summed E-state index contributed by atoms with van der Waals surface area (Å²) < 4.78 is 13.6. The third-order valence-electron chi connectivity index (χ3n) is 2.48. The first-order chi connectivity index (χ1) is 9.08. The van der Waals surface area contributed by atoms with E-state index in [0.717, 1.165) is 5.71 Å². The number of hydrogen-bond donors (Lipinski definition) is 0. The van der Waals surface area contributed by atoms with Crippen molar-refractivity contribution < 1.29 is 9.18 Å². The van der Waals surface area contributed by atoms with Crippen LogP contribution in [0.4, 0.5) is 4.39 Å². The second kappa shape index (κ2) is 5.97. The molecule has 4 nitrogen and oxygen atoms in total. The van der Waals surface area contributed by atoms with Gasteiger partial charge >= 0.3 is 0 Å². The van der Waals surface area contributed by atoms with Crippen molar-refractivity contribution in [2.24, 2.45) is 10.2 Å². The third kappa shape index (κ3) is 3.41. The molecule has 1 heterocycles. The minimum absolute atomic E-state index is 0.0732. The van der Waals surface area contributed by atoms with Gasteiger partial charge in [0.25, 0.3) is 0 Å². The molecule has 1 fully saturated rings. The van der Waals surface area contributed by atoms with E-state index in [2.05, 4.69) is 10.2 Å². The van der Waals surface area contributed by atoms with Crippen LogP contribution in [0.1, 0.15) is 19.4 Å². The van der Waals surface area contributed by atoms with Crippen molar-refractivity contribution in [2.45, 2.75) is 20.4 Å². The summed E-state index contributed by atoms with van der Waals surface area (Å²) in [5, 5.41) is 8.50. The van der Waals surface area contributed by atoms with Gasteiger partial charge in [0.15, 0.2) is 5.17 Å². The maximum atomic E-state index is 13.6. The highest BCUT2D eigenvalue weighted by Gasteiger charge is 2.29. The Kier molecular flexibility index (Phi) is 4.31. The first-order valence-corrected chi connectivity index (χ1v) is 6.82. The summed E-state index contributed by atoms with van der Waals surface area (Å²) in [5.74, 6) is -0.0661. The maximum Gasteiger partial charge on any atom is 0.239 e. The molecule has 1 amide bonds. The summed E-state index contributed by atoms with van der Waals surface area (Å²) in [6, 6.07) is 6.42. The van der Waals surface area contributed by atoms with E-state index in [4.69, 9.17) is 0 Å². The molecule has 100 valence electrons. The van der Waals surface area contributed by atoms with Gasteiger partial charge in [-0.3, -0.25) is 9.69 Å². The van der Waals surface area contributed by atoms with Gasteiger partial charge in [0.1, 0.15) is 5.82 Å². The second-order valence-corrected chi connectivity index (χ2v) is 5.23. The molecule has 0 unspecified atom stereocenters. The highest BCUT2D eigenvalue weighted by Crippen LogP contribution is 2.22. The molecular formula is C13H14FN3OS. The molecule has 6 heteroatoms. The number of amidine groups is 1. The average Bonchev–Trinajstić information content (AvgIpc) is 2.71. The summed E-state index contributed by atoms with van der Waals surface area (Å²) in [6.45, 7) is 3.84. The number of thioether (sulfide) groups is 1. The van der Waals surface area contributed by atoms with E-state index in [1.54, 1.807) is 18.2 Å². The highest BCUT2D eigenvalue weighted by atomic mass is 32.2. The van der Waals surface area contributed by atoms with Crippen LogP contribution in [0.25, 0.3) is 0 Å². The molecule has 0 radical (unpaired) electrons.